The van der Waals surface area contributed by atoms with Gasteiger partial charge in [-0.2, -0.15) is 0 Å². The summed E-state index contributed by atoms with van der Waals surface area (Å²) >= 11 is 0. The molecule has 6 nitrogen and oxygen atoms in total. The van der Waals surface area contributed by atoms with E-state index in [1.165, 1.54) is 18.2 Å². The molecule has 0 aliphatic heterocycles. The smallest absolute Gasteiger partial charge is 0.508 e. The SMILES string of the molecule is COC(=O)Oc1c(C)c2cc(O)ccc2oc1=O. The Labute approximate surface area is 101 Å². The first-order valence-corrected chi connectivity index (χ1v) is 5.05. The van der Waals surface area contributed by atoms with Gasteiger partial charge in [0.25, 0.3) is 0 Å². The molecule has 0 spiro atoms. The molecule has 0 bridgehead atoms. The lowest BCUT2D eigenvalue weighted by atomic mass is 10.1. The molecular weight excluding hydrogens is 240 g/mol. The highest BCUT2D eigenvalue weighted by Gasteiger charge is 2.16. The zero-order valence-corrected chi connectivity index (χ0v) is 9.72. The van der Waals surface area contributed by atoms with Crippen LogP contribution in [0, 0.1) is 6.92 Å². The summed E-state index contributed by atoms with van der Waals surface area (Å²) in [7, 11) is 1.13. The summed E-state index contributed by atoms with van der Waals surface area (Å²) in [5.74, 6) is -0.233. The van der Waals surface area contributed by atoms with Gasteiger partial charge in [-0.3, -0.25) is 0 Å². The van der Waals surface area contributed by atoms with Crippen LogP contribution in [0.15, 0.2) is 27.4 Å². The van der Waals surface area contributed by atoms with Crippen molar-refractivity contribution in [2.45, 2.75) is 6.92 Å². The molecule has 0 aliphatic carbocycles. The number of aryl methyl sites for hydroxylation is 1. The Bertz CT molecular complexity index is 670. The normalized spacial score (nSPS) is 10.3. The Morgan fingerprint density at radius 2 is 2.11 bits per heavy atom. The molecule has 0 amide bonds. The van der Waals surface area contributed by atoms with Gasteiger partial charge < -0.3 is 19.0 Å². The minimum Gasteiger partial charge on any atom is -0.508 e. The fraction of sp³-hybridized carbons (Fsp3) is 0.167. The predicted octanol–water partition coefficient (Wildman–Crippen LogP) is 1.95. The summed E-state index contributed by atoms with van der Waals surface area (Å²) in [5.41, 5.74) is -0.0915. The average molecular weight is 250 g/mol. The van der Waals surface area contributed by atoms with E-state index in [9.17, 15) is 14.7 Å². The van der Waals surface area contributed by atoms with Crippen molar-refractivity contribution in [2.24, 2.45) is 0 Å². The second kappa shape index (κ2) is 4.40. The third-order valence-electron chi connectivity index (χ3n) is 2.45. The van der Waals surface area contributed by atoms with Crippen LogP contribution in [-0.2, 0) is 4.74 Å². The van der Waals surface area contributed by atoms with E-state index in [0.717, 1.165) is 7.11 Å². The fourth-order valence-corrected chi connectivity index (χ4v) is 1.56. The van der Waals surface area contributed by atoms with Crippen LogP contribution < -0.4 is 10.4 Å². The Kier molecular flexibility index (Phi) is 2.93. The first kappa shape index (κ1) is 12.0. The highest BCUT2D eigenvalue weighted by molar-refractivity contribution is 5.84. The van der Waals surface area contributed by atoms with Crippen LogP contribution in [0.3, 0.4) is 0 Å². The minimum atomic E-state index is -1.01. The van der Waals surface area contributed by atoms with Gasteiger partial charge in [0.1, 0.15) is 11.3 Å². The Balaban J connectivity index is 2.67. The van der Waals surface area contributed by atoms with E-state index >= 15 is 0 Å². The number of hydrogen-bond acceptors (Lipinski definition) is 6. The molecule has 2 rings (SSSR count). The molecule has 0 unspecified atom stereocenters. The van der Waals surface area contributed by atoms with Crippen molar-refractivity contribution in [1.82, 2.24) is 0 Å². The summed E-state index contributed by atoms with van der Waals surface area (Å²) in [6.07, 6.45) is -1.01. The number of benzene rings is 1. The molecule has 1 heterocycles. The first-order chi connectivity index (χ1) is 8.52. The number of carbonyl (C=O) groups excluding carboxylic acids is 1. The van der Waals surface area contributed by atoms with Gasteiger partial charge in [-0.15, -0.1) is 0 Å². The quantitative estimate of drug-likeness (QED) is 0.615. The van der Waals surface area contributed by atoms with E-state index in [2.05, 4.69) is 4.74 Å². The maximum Gasteiger partial charge on any atom is 0.513 e. The van der Waals surface area contributed by atoms with Crippen LogP contribution >= 0.6 is 0 Å². The fourth-order valence-electron chi connectivity index (χ4n) is 1.56. The number of aromatic hydroxyl groups is 1. The van der Waals surface area contributed by atoms with Gasteiger partial charge in [0.2, 0.25) is 5.75 Å². The molecular formula is C12H10O6. The monoisotopic (exact) mass is 250 g/mol. The van der Waals surface area contributed by atoms with Gasteiger partial charge in [0.05, 0.1) is 7.11 Å². The summed E-state index contributed by atoms with van der Waals surface area (Å²) in [6, 6.07) is 4.27. The molecule has 18 heavy (non-hydrogen) atoms. The third kappa shape index (κ3) is 2.00. The standard InChI is InChI=1S/C12H10O6/c1-6-8-5-7(13)3-4-9(8)17-11(14)10(6)18-12(15)16-2/h3-5,13H,1-2H3. The van der Waals surface area contributed by atoms with Crippen molar-refractivity contribution in [2.75, 3.05) is 7.11 Å². The first-order valence-electron chi connectivity index (χ1n) is 5.05. The summed E-state index contributed by atoms with van der Waals surface area (Å²) in [5, 5.41) is 9.87. The van der Waals surface area contributed by atoms with E-state index in [1.54, 1.807) is 6.92 Å². The number of methoxy groups -OCH3 is 1. The number of phenolic OH excluding ortho intramolecular Hbond substituents is 1. The summed E-state index contributed by atoms with van der Waals surface area (Å²) in [6.45, 7) is 1.58. The maximum atomic E-state index is 11.6. The molecule has 1 N–H and O–H groups in total. The van der Waals surface area contributed by atoms with Crippen molar-refractivity contribution in [3.05, 3.63) is 34.2 Å². The summed E-state index contributed by atoms with van der Waals surface area (Å²) in [4.78, 5) is 22.6. The van der Waals surface area contributed by atoms with Crippen molar-refractivity contribution >= 4 is 17.1 Å². The van der Waals surface area contributed by atoms with E-state index < -0.39 is 11.8 Å². The zero-order valence-electron chi connectivity index (χ0n) is 9.72. The van der Waals surface area contributed by atoms with Crippen LogP contribution in [0.25, 0.3) is 11.0 Å². The van der Waals surface area contributed by atoms with Crippen LogP contribution in [0.1, 0.15) is 5.56 Å². The third-order valence-corrected chi connectivity index (χ3v) is 2.45. The lowest BCUT2D eigenvalue weighted by molar-refractivity contribution is 0.119. The zero-order chi connectivity index (χ0) is 13.3. The topological polar surface area (TPSA) is 86.0 Å². The van der Waals surface area contributed by atoms with Gasteiger partial charge in [0, 0.05) is 10.9 Å². The molecule has 1 aromatic carbocycles. The van der Waals surface area contributed by atoms with Gasteiger partial charge in [-0.05, 0) is 25.1 Å². The molecule has 1 aromatic heterocycles. The maximum absolute atomic E-state index is 11.6. The van der Waals surface area contributed by atoms with Crippen molar-refractivity contribution in [1.29, 1.82) is 0 Å². The number of phenols is 1. The van der Waals surface area contributed by atoms with Gasteiger partial charge in [-0.25, -0.2) is 9.59 Å². The van der Waals surface area contributed by atoms with Crippen molar-refractivity contribution < 1.29 is 23.8 Å². The molecule has 6 heteroatoms. The van der Waals surface area contributed by atoms with Crippen LogP contribution in [-0.4, -0.2) is 18.4 Å². The number of rotatable bonds is 1. The van der Waals surface area contributed by atoms with Crippen LogP contribution in [0.4, 0.5) is 4.79 Å². The van der Waals surface area contributed by atoms with Crippen LogP contribution in [0.5, 0.6) is 11.5 Å². The molecule has 0 saturated heterocycles. The number of hydrogen-bond donors (Lipinski definition) is 1. The highest BCUT2D eigenvalue weighted by atomic mass is 16.7. The van der Waals surface area contributed by atoms with E-state index in [1.807, 2.05) is 0 Å². The van der Waals surface area contributed by atoms with Gasteiger partial charge in [-0.1, -0.05) is 0 Å². The number of carbonyl (C=O) groups is 1. The van der Waals surface area contributed by atoms with E-state index in [-0.39, 0.29) is 11.5 Å². The minimum absolute atomic E-state index is 0.0171. The molecule has 0 aliphatic rings. The van der Waals surface area contributed by atoms with Gasteiger partial charge in [0.15, 0.2) is 0 Å². The number of fused-ring (bicyclic) bond motifs is 1. The molecule has 0 fully saturated rings. The Morgan fingerprint density at radius 1 is 1.39 bits per heavy atom. The molecule has 2 aromatic rings. The van der Waals surface area contributed by atoms with Crippen molar-refractivity contribution in [3.8, 4) is 11.5 Å². The lowest BCUT2D eigenvalue weighted by Crippen LogP contribution is -2.15. The average Bonchev–Trinajstić information content (AvgIpc) is 2.35. The lowest BCUT2D eigenvalue weighted by Gasteiger charge is -2.07. The van der Waals surface area contributed by atoms with Crippen LogP contribution in [0.2, 0.25) is 0 Å². The highest BCUT2D eigenvalue weighted by Crippen LogP contribution is 2.26. The molecule has 0 saturated carbocycles. The summed E-state index contributed by atoms with van der Waals surface area (Å²) < 4.78 is 14.0. The predicted molar refractivity (Wildman–Crippen MR) is 61.9 cm³/mol. The second-order valence-corrected chi connectivity index (χ2v) is 3.58. The molecule has 0 radical (unpaired) electrons. The number of ether oxygens (including phenoxy) is 2. The second-order valence-electron chi connectivity index (χ2n) is 3.58. The molecule has 0 atom stereocenters. The van der Waals surface area contributed by atoms with Gasteiger partial charge >= 0.3 is 11.8 Å². The van der Waals surface area contributed by atoms with Crippen molar-refractivity contribution in [3.63, 3.8) is 0 Å². The van der Waals surface area contributed by atoms with E-state index in [0.29, 0.717) is 16.5 Å². The molecule has 94 valence electrons. The Morgan fingerprint density at radius 3 is 2.78 bits per heavy atom. The Hall–Kier alpha value is -2.50. The largest absolute Gasteiger partial charge is 0.513 e. The van der Waals surface area contributed by atoms with E-state index in [4.69, 9.17) is 9.15 Å².